The number of aromatic nitrogens is 4. The van der Waals surface area contributed by atoms with Gasteiger partial charge < -0.3 is 14.4 Å². The highest BCUT2D eigenvalue weighted by atomic mass is 79.9. The van der Waals surface area contributed by atoms with E-state index in [1.807, 2.05) is 27.7 Å². The maximum Gasteiger partial charge on any atom is 0.410 e. The van der Waals surface area contributed by atoms with Crippen molar-refractivity contribution in [2.24, 2.45) is 0 Å². The number of carbonyl (C=O) groups is 1. The number of likely N-dealkylation sites (tertiary alicyclic amines) is 1. The molecule has 1 spiro atoms. The first-order valence-corrected chi connectivity index (χ1v) is 10.2. The number of nitrogens with zero attached hydrogens (tertiary/aromatic N) is 4. The lowest BCUT2D eigenvalue weighted by atomic mass is 9.88. The molecule has 152 valence electrons. The Morgan fingerprint density at radius 3 is 2.79 bits per heavy atom. The molecule has 1 amide bonds. The summed E-state index contributed by atoms with van der Waals surface area (Å²) in [6, 6.07) is 0. The van der Waals surface area contributed by atoms with Crippen molar-refractivity contribution in [3.63, 3.8) is 0 Å². The first-order chi connectivity index (χ1) is 13.1. The molecule has 0 aromatic carbocycles. The number of nitrogens with one attached hydrogen (secondary N) is 1. The molecule has 2 aliphatic rings. The monoisotopic (exact) mass is 453 g/mol. The lowest BCUT2D eigenvalue weighted by Gasteiger charge is -2.29. The molecule has 2 aromatic heterocycles. The van der Waals surface area contributed by atoms with Crippen molar-refractivity contribution >= 4 is 27.8 Å². The standard InChI is InChI=1S/C18H24BrN5O4/c1-10-12-11(13(25)24-15(20-12)21-14(19)22-24)18(27-10)6-5-8-23(9-7-18)16(26)28-17(2,3)4/h10H,5-9H2,1-4H3,(H,20,21,22)/t10-,18-/m1/s1. The Balaban J connectivity index is 1.68. The number of fused-ring (bicyclic) bond motifs is 3. The van der Waals surface area contributed by atoms with Gasteiger partial charge in [-0.1, -0.05) is 0 Å². The Bertz CT molecular complexity index is 994. The maximum absolute atomic E-state index is 13.2. The van der Waals surface area contributed by atoms with E-state index in [0.717, 1.165) is 0 Å². The lowest BCUT2D eigenvalue weighted by Crippen LogP contribution is -2.39. The van der Waals surface area contributed by atoms with Crippen molar-refractivity contribution in [1.82, 2.24) is 24.5 Å². The molecule has 4 heterocycles. The van der Waals surface area contributed by atoms with Crippen LogP contribution in [0.2, 0.25) is 0 Å². The molecule has 1 N–H and O–H groups in total. The van der Waals surface area contributed by atoms with E-state index in [9.17, 15) is 9.59 Å². The van der Waals surface area contributed by atoms with Crippen LogP contribution in [0, 0.1) is 0 Å². The number of aromatic amines is 1. The Morgan fingerprint density at radius 1 is 1.32 bits per heavy atom. The number of hydrogen-bond donors (Lipinski definition) is 1. The SMILES string of the molecule is C[C@H]1O[C@@]2(CCCN(C(=O)OC(C)(C)C)CC2)c2c1nc1nc(Br)[nH]n1c2=O. The van der Waals surface area contributed by atoms with Crippen LogP contribution in [0.1, 0.15) is 64.3 Å². The van der Waals surface area contributed by atoms with Gasteiger partial charge in [-0.05, 0) is 62.9 Å². The summed E-state index contributed by atoms with van der Waals surface area (Å²) < 4.78 is 13.6. The van der Waals surface area contributed by atoms with Crippen molar-refractivity contribution in [3.05, 3.63) is 26.3 Å². The summed E-state index contributed by atoms with van der Waals surface area (Å²) in [5.41, 5.74) is -0.300. The number of halogens is 1. The van der Waals surface area contributed by atoms with E-state index in [4.69, 9.17) is 9.47 Å². The molecule has 10 heteroatoms. The largest absolute Gasteiger partial charge is 0.444 e. The number of ether oxygens (including phenoxy) is 2. The molecule has 2 aliphatic heterocycles. The van der Waals surface area contributed by atoms with Gasteiger partial charge in [-0.25, -0.2) is 9.78 Å². The van der Waals surface area contributed by atoms with Gasteiger partial charge in [0.25, 0.3) is 11.3 Å². The van der Waals surface area contributed by atoms with Crippen LogP contribution < -0.4 is 5.56 Å². The molecule has 4 rings (SSSR count). The summed E-state index contributed by atoms with van der Waals surface area (Å²) in [5.74, 6) is 0.312. The molecule has 1 fully saturated rings. The summed E-state index contributed by atoms with van der Waals surface area (Å²) in [6.07, 6.45) is 1.22. The first-order valence-electron chi connectivity index (χ1n) is 9.44. The third-order valence-electron chi connectivity index (χ3n) is 5.18. The quantitative estimate of drug-likeness (QED) is 0.657. The fraction of sp³-hybridized carbons (Fsp3) is 0.667. The van der Waals surface area contributed by atoms with E-state index in [1.54, 1.807) is 4.90 Å². The van der Waals surface area contributed by atoms with Crippen LogP contribution in [0.5, 0.6) is 0 Å². The molecule has 0 radical (unpaired) electrons. The third kappa shape index (κ3) is 3.22. The summed E-state index contributed by atoms with van der Waals surface area (Å²) in [4.78, 5) is 36.2. The van der Waals surface area contributed by atoms with Crippen molar-refractivity contribution < 1.29 is 14.3 Å². The summed E-state index contributed by atoms with van der Waals surface area (Å²) in [6.45, 7) is 8.47. The minimum absolute atomic E-state index is 0.201. The Kier molecular flexibility index (Phi) is 4.53. The summed E-state index contributed by atoms with van der Waals surface area (Å²) in [7, 11) is 0. The predicted molar refractivity (Wildman–Crippen MR) is 104 cm³/mol. The average molecular weight is 454 g/mol. The predicted octanol–water partition coefficient (Wildman–Crippen LogP) is 2.89. The van der Waals surface area contributed by atoms with Crippen LogP contribution in [0.4, 0.5) is 4.79 Å². The highest BCUT2D eigenvalue weighted by Gasteiger charge is 2.48. The molecule has 0 unspecified atom stereocenters. The highest BCUT2D eigenvalue weighted by molar-refractivity contribution is 9.10. The first kappa shape index (κ1) is 19.4. The lowest BCUT2D eigenvalue weighted by molar-refractivity contribution is -0.0798. The van der Waals surface area contributed by atoms with Crippen molar-refractivity contribution in [1.29, 1.82) is 0 Å². The maximum atomic E-state index is 13.2. The second-order valence-corrected chi connectivity index (χ2v) is 9.15. The number of hydrogen-bond acceptors (Lipinski definition) is 6. The molecular formula is C18H24BrN5O4. The van der Waals surface area contributed by atoms with Crippen LogP contribution in [0.15, 0.2) is 9.53 Å². The van der Waals surface area contributed by atoms with Crippen LogP contribution in [0.25, 0.3) is 5.78 Å². The highest BCUT2D eigenvalue weighted by Crippen LogP contribution is 2.47. The Morgan fingerprint density at radius 2 is 2.07 bits per heavy atom. The van der Waals surface area contributed by atoms with Crippen LogP contribution in [-0.4, -0.2) is 49.3 Å². The van der Waals surface area contributed by atoms with Gasteiger partial charge in [-0.2, -0.15) is 9.50 Å². The van der Waals surface area contributed by atoms with Gasteiger partial charge in [0.2, 0.25) is 0 Å². The van der Waals surface area contributed by atoms with Crippen LogP contribution in [-0.2, 0) is 15.1 Å². The molecule has 2 aromatic rings. The van der Waals surface area contributed by atoms with Gasteiger partial charge in [-0.15, -0.1) is 0 Å². The molecule has 9 nitrogen and oxygen atoms in total. The number of amides is 1. The second-order valence-electron chi connectivity index (χ2n) is 8.40. The molecular weight excluding hydrogens is 430 g/mol. The summed E-state index contributed by atoms with van der Waals surface area (Å²) >= 11 is 3.25. The van der Waals surface area contributed by atoms with Crippen LogP contribution >= 0.6 is 15.9 Å². The topological polar surface area (TPSA) is 102 Å². The van der Waals surface area contributed by atoms with Gasteiger partial charge in [0, 0.05) is 13.1 Å². The van der Waals surface area contributed by atoms with E-state index in [0.29, 0.717) is 54.1 Å². The molecule has 0 saturated carbocycles. The van der Waals surface area contributed by atoms with E-state index in [1.165, 1.54) is 4.52 Å². The zero-order valence-corrected chi connectivity index (χ0v) is 18.0. The second kappa shape index (κ2) is 6.55. The van der Waals surface area contributed by atoms with Gasteiger partial charge in [0.15, 0.2) is 4.73 Å². The average Bonchev–Trinajstić information content (AvgIpc) is 2.98. The van der Waals surface area contributed by atoms with Crippen molar-refractivity contribution in [2.75, 3.05) is 13.1 Å². The molecule has 2 atom stereocenters. The minimum Gasteiger partial charge on any atom is -0.444 e. The number of H-pyrrole nitrogens is 1. The van der Waals surface area contributed by atoms with Gasteiger partial charge in [0.05, 0.1) is 17.4 Å². The van der Waals surface area contributed by atoms with Crippen molar-refractivity contribution in [3.8, 4) is 0 Å². The van der Waals surface area contributed by atoms with E-state index >= 15 is 0 Å². The van der Waals surface area contributed by atoms with Crippen molar-refractivity contribution in [2.45, 2.75) is 64.3 Å². The zero-order valence-electron chi connectivity index (χ0n) is 16.4. The fourth-order valence-corrected chi connectivity index (χ4v) is 4.40. The minimum atomic E-state index is -0.756. The van der Waals surface area contributed by atoms with Gasteiger partial charge in [0.1, 0.15) is 11.2 Å². The van der Waals surface area contributed by atoms with Crippen LogP contribution in [0.3, 0.4) is 0 Å². The fourth-order valence-electron chi connectivity index (χ4n) is 4.07. The molecule has 1 saturated heterocycles. The zero-order chi connectivity index (χ0) is 20.3. The summed E-state index contributed by atoms with van der Waals surface area (Å²) in [5, 5.41) is 2.87. The Labute approximate surface area is 170 Å². The molecule has 0 aliphatic carbocycles. The van der Waals surface area contributed by atoms with Gasteiger partial charge >= 0.3 is 6.09 Å². The Hall–Kier alpha value is -1.94. The molecule has 28 heavy (non-hydrogen) atoms. The molecule has 0 bridgehead atoms. The third-order valence-corrected chi connectivity index (χ3v) is 5.54. The van der Waals surface area contributed by atoms with Gasteiger partial charge in [-0.3, -0.25) is 9.89 Å². The smallest absolute Gasteiger partial charge is 0.410 e. The number of rotatable bonds is 0. The normalized spacial score (nSPS) is 25.2. The number of carbonyl (C=O) groups excluding carboxylic acids is 1. The van der Waals surface area contributed by atoms with E-state index in [2.05, 4.69) is 31.0 Å². The van der Waals surface area contributed by atoms with E-state index < -0.39 is 11.2 Å². The van der Waals surface area contributed by atoms with E-state index in [-0.39, 0.29) is 17.8 Å².